The van der Waals surface area contributed by atoms with Gasteiger partial charge in [-0.15, -0.1) is 0 Å². The molecule has 2 rings (SSSR count). The molecule has 0 saturated carbocycles. The van der Waals surface area contributed by atoms with Crippen LogP contribution in [0, 0.1) is 0 Å². The molecule has 0 aliphatic rings. The van der Waals surface area contributed by atoms with Crippen molar-refractivity contribution in [3.05, 3.63) is 30.0 Å². The molecule has 0 spiro atoms. The Kier molecular flexibility index (Phi) is 6.64. The summed E-state index contributed by atoms with van der Waals surface area (Å²) in [5.74, 6) is 1.01. The molecule has 1 aromatic heterocycles. The monoisotopic (exact) mass is 361 g/mol. The van der Waals surface area contributed by atoms with Crippen molar-refractivity contribution in [1.82, 2.24) is 15.3 Å². The Bertz CT molecular complexity index is 752. The number of carbonyl (C=O) groups excluding carboxylic acids is 1. The summed E-state index contributed by atoms with van der Waals surface area (Å²) in [6.45, 7) is 3.98. The van der Waals surface area contributed by atoms with E-state index in [4.69, 9.17) is 9.47 Å². The van der Waals surface area contributed by atoms with Gasteiger partial charge >= 0.3 is 0 Å². The summed E-state index contributed by atoms with van der Waals surface area (Å²) in [6, 6.07) is 5.54. The van der Waals surface area contributed by atoms with Gasteiger partial charge in [0.2, 0.25) is 0 Å². The number of rotatable bonds is 7. The average Bonchev–Trinajstić information content (AvgIpc) is 2.66. The van der Waals surface area contributed by atoms with Gasteiger partial charge in [0.05, 0.1) is 25.5 Å². The number of ether oxygens (including phenoxy) is 2. The van der Waals surface area contributed by atoms with E-state index in [0.29, 0.717) is 27.9 Å². The first kappa shape index (κ1) is 19.1. The minimum Gasteiger partial charge on any atom is -0.493 e. The minimum atomic E-state index is -0.188. The highest BCUT2D eigenvalue weighted by Crippen LogP contribution is 2.33. The molecule has 0 aliphatic carbocycles. The van der Waals surface area contributed by atoms with Gasteiger partial charge in [0.1, 0.15) is 0 Å². The fourth-order valence-corrected chi connectivity index (χ4v) is 2.58. The van der Waals surface area contributed by atoms with Gasteiger partial charge < -0.3 is 14.8 Å². The zero-order valence-corrected chi connectivity index (χ0v) is 15.9. The molecule has 6 nitrogen and oxygen atoms in total. The fraction of sp³-hybridized carbons (Fsp3) is 0.389. The van der Waals surface area contributed by atoms with Crippen molar-refractivity contribution >= 4 is 17.7 Å². The van der Waals surface area contributed by atoms with E-state index in [1.54, 1.807) is 26.5 Å². The lowest BCUT2D eigenvalue weighted by atomic mass is 10.1. The molecule has 134 valence electrons. The molecule has 1 heterocycles. The second-order valence-electron chi connectivity index (χ2n) is 5.47. The van der Waals surface area contributed by atoms with Crippen LogP contribution in [0.15, 0.2) is 29.6 Å². The maximum atomic E-state index is 12.6. The molecular weight excluding hydrogens is 338 g/mol. The van der Waals surface area contributed by atoms with Gasteiger partial charge in [-0.25, -0.2) is 9.97 Å². The van der Waals surface area contributed by atoms with Gasteiger partial charge in [-0.05, 0) is 37.8 Å². The molecule has 0 fully saturated rings. The van der Waals surface area contributed by atoms with Gasteiger partial charge in [-0.1, -0.05) is 18.7 Å². The molecule has 1 unspecified atom stereocenters. The Hall–Kier alpha value is -2.28. The first-order chi connectivity index (χ1) is 12.0. The van der Waals surface area contributed by atoms with Crippen LogP contribution in [-0.4, -0.2) is 42.4 Å². The van der Waals surface area contributed by atoms with Crippen LogP contribution in [-0.2, 0) is 0 Å². The Morgan fingerprint density at radius 1 is 1.28 bits per heavy atom. The number of nitrogens with zero attached hydrogens (tertiary/aromatic N) is 2. The number of hydrogen-bond acceptors (Lipinski definition) is 6. The predicted octanol–water partition coefficient (Wildman–Crippen LogP) is 3.41. The lowest BCUT2D eigenvalue weighted by Crippen LogP contribution is -2.32. The van der Waals surface area contributed by atoms with Crippen molar-refractivity contribution in [1.29, 1.82) is 0 Å². The highest BCUT2D eigenvalue weighted by molar-refractivity contribution is 7.98. The molecule has 0 radical (unpaired) electrons. The third-order valence-corrected chi connectivity index (χ3v) is 4.40. The lowest BCUT2D eigenvalue weighted by molar-refractivity contribution is 0.0939. The van der Waals surface area contributed by atoms with Gasteiger partial charge in [-0.2, -0.15) is 0 Å². The topological polar surface area (TPSA) is 73.3 Å². The lowest BCUT2D eigenvalue weighted by Gasteiger charge is -2.15. The van der Waals surface area contributed by atoms with Gasteiger partial charge in [0.25, 0.3) is 5.91 Å². The number of nitrogens with one attached hydrogen (secondary N) is 1. The number of methoxy groups -OCH3 is 2. The van der Waals surface area contributed by atoms with E-state index in [2.05, 4.69) is 15.3 Å². The van der Waals surface area contributed by atoms with E-state index < -0.39 is 0 Å². The number of hydrogen-bond donors (Lipinski definition) is 1. The maximum Gasteiger partial charge on any atom is 0.255 e. The first-order valence-corrected chi connectivity index (χ1v) is 9.20. The largest absolute Gasteiger partial charge is 0.493 e. The van der Waals surface area contributed by atoms with Crippen LogP contribution in [0.25, 0.3) is 11.3 Å². The van der Waals surface area contributed by atoms with Crippen molar-refractivity contribution in [2.75, 3.05) is 20.5 Å². The van der Waals surface area contributed by atoms with Gasteiger partial charge in [-0.3, -0.25) is 4.79 Å². The average molecular weight is 361 g/mol. The molecule has 0 aliphatic heterocycles. The Balaban J connectivity index is 2.53. The highest BCUT2D eigenvalue weighted by atomic mass is 32.2. The molecular formula is C18H23N3O3S. The van der Waals surface area contributed by atoms with Crippen LogP contribution < -0.4 is 14.8 Å². The second kappa shape index (κ2) is 8.71. The Morgan fingerprint density at radius 2 is 2.00 bits per heavy atom. The minimum absolute atomic E-state index is 0.0750. The zero-order chi connectivity index (χ0) is 18.4. The van der Waals surface area contributed by atoms with E-state index in [1.165, 1.54) is 11.8 Å². The maximum absolute atomic E-state index is 12.6. The molecule has 0 saturated heterocycles. The summed E-state index contributed by atoms with van der Waals surface area (Å²) in [7, 11) is 3.16. The Morgan fingerprint density at radius 3 is 2.60 bits per heavy atom. The van der Waals surface area contributed by atoms with Crippen LogP contribution >= 0.6 is 11.8 Å². The number of benzene rings is 1. The van der Waals surface area contributed by atoms with Crippen molar-refractivity contribution in [3.63, 3.8) is 0 Å². The van der Waals surface area contributed by atoms with Crippen molar-refractivity contribution < 1.29 is 14.3 Å². The van der Waals surface area contributed by atoms with E-state index in [1.807, 2.05) is 32.2 Å². The van der Waals surface area contributed by atoms with Crippen LogP contribution in [0.2, 0.25) is 0 Å². The summed E-state index contributed by atoms with van der Waals surface area (Å²) in [6.07, 6.45) is 4.32. The van der Waals surface area contributed by atoms with Crippen molar-refractivity contribution in [2.24, 2.45) is 0 Å². The predicted molar refractivity (Wildman–Crippen MR) is 99.6 cm³/mol. The highest BCUT2D eigenvalue weighted by Gasteiger charge is 2.19. The summed E-state index contributed by atoms with van der Waals surface area (Å²) < 4.78 is 10.6. The van der Waals surface area contributed by atoms with E-state index in [9.17, 15) is 4.79 Å². The molecule has 1 atom stereocenters. The molecule has 25 heavy (non-hydrogen) atoms. The first-order valence-electron chi connectivity index (χ1n) is 7.98. The van der Waals surface area contributed by atoms with Crippen LogP contribution in [0.1, 0.15) is 30.6 Å². The fourth-order valence-electron chi connectivity index (χ4n) is 2.24. The third-order valence-electron chi connectivity index (χ3n) is 3.84. The SMILES string of the molecule is CCC(C)NC(=O)c1cnc(SC)nc1-c1ccc(OC)c(OC)c1. The van der Waals surface area contributed by atoms with Crippen LogP contribution in [0.3, 0.4) is 0 Å². The second-order valence-corrected chi connectivity index (χ2v) is 6.24. The van der Waals surface area contributed by atoms with E-state index in [-0.39, 0.29) is 11.9 Å². The standard InChI is InChI=1S/C18H23N3O3S/c1-6-11(2)20-17(22)13-10-19-18(25-5)21-16(13)12-7-8-14(23-3)15(9-12)24-4/h7-11H,6H2,1-5H3,(H,20,22). The summed E-state index contributed by atoms with van der Waals surface area (Å²) >= 11 is 1.42. The molecule has 1 aromatic carbocycles. The summed E-state index contributed by atoms with van der Waals surface area (Å²) in [5.41, 5.74) is 1.77. The van der Waals surface area contributed by atoms with Crippen LogP contribution in [0.4, 0.5) is 0 Å². The van der Waals surface area contributed by atoms with Crippen molar-refractivity contribution in [2.45, 2.75) is 31.5 Å². The smallest absolute Gasteiger partial charge is 0.255 e. The van der Waals surface area contributed by atoms with Gasteiger partial charge in [0.15, 0.2) is 16.7 Å². The summed E-state index contributed by atoms with van der Waals surface area (Å²) in [4.78, 5) is 21.4. The Labute approximate surface area is 152 Å². The quantitative estimate of drug-likeness (QED) is 0.602. The summed E-state index contributed by atoms with van der Waals surface area (Å²) in [5, 5.41) is 3.56. The van der Waals surface area contributed by atoms with E-state index in [0.717, 1.165) is 12.0 Å². The normalized spacial score (nSPS) is 11.7. The van der Waals surface area contributed by atoms with E-state index >= 15 is 0 Å². The van der Waals surface area contributed by atoms with Gasteiger partial charge in [0, 0.05) is 17.8 Å². The molecule has 1 N–H and O–H groups in total. The zero-order valence-electron chi connectivity index (χ0n) is 15.1. The molecule has 7 heteroatoms. The number of aromatic nitrogens is 2. The number of thioether (sulfide) groups is 1. The van der Waals surface area contributed by atoms with Crippen LogP contribution in [0.5, 0.6) is 11.5 Å². The molecule has 0 bridgehead atoms. The number of amides is 1. The molecule has 1 amide bonds. The van der Waals surface area contributed by atoms with Crippen molar-refractivity contribution in [3.8, 4) is 22.8 Å². The number of carbonyl (C=O) groups is 1. The third kappa shape index (κ3) is 4.42. The molecule has 2 aromatic rings.